The zero-order chi connectivity index (χ0) is 17.0. The first-order valence-corrected chi connectivity index (χ1v) is 9.46. The third-order valence-corrected chi connectivity index (χ3v) is 5.55. The molecule has 3 rings (SSSR count). The minimum absolute atomic E-state index is 0.139. The van der Waals surface area contributed by atoms with Crippen LogP contribution in [0.15, 0.2) is 53.4 Å². The highest BCUT2D eigenvalue weighted by molar-refractivity contribution is 7.85. The van der Waals surface area contributed by atoms with Gasteiger partial charge in [-0.3, -0.25) is 0 Å². The predicted molar refractivity (Wildman–Crippen MR) is 91.6 cm³/mol. The second kappa shape index (κ2) is 7.21. The van der Waals surface area contributed by atoms with E-state index in [9.17, 15) is 13.0 Å². The van der Waals surface area contributed by atoms with Gasteiger partial charge in [0.1, 0.15) is 21.4 Å². The fourth-order valence-corrected chi connectivity index (χ4v) is 4.17. The first-order chi connectivity index (χ1) is 10.8. The molecule has 1 heterocycles. The topological polar surface area (TPSA) is 61.1 Å². The van der Waals surface area contributed by atoms with Crippen molar-refractivity contribution in [3.8, 4) is 0 Å². The molecule has 0 bridgehead atoms. The van der Waals surface area contributed by atoms with Gasteiger partial charge in [0.05, 0.1) is 4.90 Å². The smallest absolute Gasteiger partial charge is 0.235 e. The minimum Gasteiger partial charge on any atom is -0.744 e. The minimum atomic E-state index is -4.28. The maximum Gasteiger partial charge on any atom is 0.235 e. The van der Waals surface area contributed by atoms with Crippen LogP contribution in [0.5, 0.6) is 0 Å². The van der Waals surface area contributed by atoms with E-state index in [0.717, 1.165) is 6.54 Å². The maximum absolute atomic E-state index is 10.5. The molecule has 3 aromatic rings. The number of para-hydroxylation sites is 1. The Morgan fingerprint density at radius 1 is 1.04 bits per heavy atom. The van der Waals surface area contributed by atoms with Crippen LogP contribution in [0, 0.1) is 13.8 Å². The van der Waals surface area contributed by atoms with E-state index >= 15 is 0 Å². The number of thiazole rings is 1. The number of hydrogen-bond donors (Lipinski definition) is 0. The highest BCUT2D eigenvalue weighted by Crippen LogP contribution is 2.18. The van der Waals surface area contributed by atoms with Gasteiger partial charge in [0, 0.05) is 13.0 Å². The van der Waals surface area contributed by atoms with E-state index in [4.69, 9.17) is 0 Å². The molecule has 23 heavy (non-hydrogen) atoms. The molecule has 6 heteroatoms. The molecule has 0 fully saturated rings. The van der Waals surface area contributed by atoms with Gasteiger partial charge in [0.15, 0.2) is 0 Å². The molecule has 0 aliphatic heterocycles. The zero-order valence-electron chi connectivity index (χ0n) is 13.3. The van der Waals surface area contributed by atoms with Crippen molar-refractivity contribution in [2.24, 2.45) is 0 Å². The Balaban J connectivity index is 0.000000168. The molecule has 0 radical (unpaired) electrons. The highest BCUT2D eigenvalue weighted by atomic mass is 32.2. The molecule has 0 N–H and O–H groups in total. The zero-order valence-corrected chi connectivity index (χ0v) is 14.9. The molecule has 0 aliphatic carbocycles. The third kappa shape index (κ3) is 4.16. The van der Waals surface area contributed by atoms with E-state index in [0.29, 0.717) is 5.56 Å². The van der Waals surface area contributed by atoms with Gasteiger partial charge in [0.25, 0.3) is 0 Å². The van der Waals surface area contributed by atoms with Gasteiger partial charge in [-0.15, -0.1) is 0 Å². The van der Waals surface area contributed by atoms with E-state index < -0.39 is 10.1 Å². The largest absolute Gasteiger partial charge is 0.744 e. The Bertz CT molecular complexity index is 914. The van der Waals surface area contributed by atoms with Gasteiger partial charge in [0.2, 0.25) is 10.5 Å². The van der Waals surface area contributed by atoms with Crippen LogP contribution in [0.3, 0.4) is 0 Å². The van der Waals surface area contributed by atoms with Crippen LogP contribution in [0.2, 0.25) is 0 Å². The van der Waals surface area contributed by atoms with Crippen molar-refractivity contribution in [3.63, 3.8) is 0 Å². The van der Waals surface area contributed by atoms with Gasteiger partial charge in [-0.05, 0) is 31.5 Å². The SMILES string of the molecule is CC[n+]1c(C)sc2ccccc21.Cc1ccccc1S(=O)(=O)[O-]. The molecular weight excluding hydrogens is 330 g/mol. The summed E-state index contributed by atoms with van der Waals surface area (Å²) in [5.41, 5.74) is 1.85. The molecule has 1 aromatic heterocycles. The second-order valence-electron chi connectivity index (χ2n) is 5.05. The van der Waals surface area contributed by atoms with Crippen molar-refractivity contribution in [2.45, 2.75) is 32.2 Å². The fraction of sp³-hybridized carbons (Fsp3) is 0.235. The van der Waals surface area contributed by atoms with Crippen LogP contribution in [-0.4, -0.2) is 13.0 Å². The van der Waals surface area contributed by atoms with Crippen molar-refractivity contribution in [3.05, 3.63) is 59.1 Å². The summed E-state index contributed by atoms with van der Waals surface area (Å²) in [6, 6.07) is 14.7. The number of fused-ring (bicyclic) bond motifs is 1. The van der Waals surface area contributed by atoms with Crippen molar-refractivity contribution >= 4 is 31.7 Å². The Labute approximate surface area is 140 Å². The summed E-state index contributed by atoms with van der Waals surface area (Å²) in [6.07, 6.45) is 0. The molecule has 0 saturated heterocycles. The first-order valence-electron chi connectivity index (χ1n) is 7.24. The highest BCUT2D eigenvalue weighted by Gasteiger charge is 2.13. The van der Waals surface area contributed by atoms with Gasteiger partial charge in [-0.1, -0.05) is 41.7 Å². The summed E-state index contributed by atoms with van der Waals surface area (Å²) in [7, 11) is -4.28. The lowest BCUT2D eigenvalue weighted by Crippen LogP contribution is -2.33. The Morgan fingerprint density at radius 3 is 2.22 bits per heavy atom. The molecule has 0 unspecified atom stereocenters. The Morgan fingerprint density at radius 2 is 1.65 bits per heavy atom. The van der Waals surface area contributed by atoms with Gasteiger partial charge >= 0.3 is 0 Å². The fourth-order valence-electron chi connectivity index (χ4n) is 2.38. The van der Waals surface area contributed by atoms with Crippen molar-refractivity contribution in [2.75, 3.05) is 0 Å². The average molecular weight is 349 g/mol. The lowest BCUT2D eigenvalue weighted by atomic mass is 10.2. The normalized spacial score (nSPS) is 11.1. The number of benzene rings is 2. The number of aromatic nitrogens is 1. The number of rotatable bonds is 2. The third-order valence-electron chi connectivity index (χ3n) is 3.47. The predicted octanol–water partition coefficient (Wildman–Crippen LogP) is 3.42. The summed E-state index contributed by atoms with van der Waals surface area (Å²) in [6.45, 7) is 7.01. The van der Waals surface area contributed by atoms with Crippen LogP contribution in [-0.2, 0) is 16.7 Å². The standard InChI is InChI=1S/C10H12NS.C7H8O3S/c1-3-11-8(2)12-10-7-5-4-6-9(10)11;1-6-4-2-3-5-7(6)11(8,9)10/h4-7H,3H2,1-2H3;2-5H,1H3,(H,8,9,10)/q+1;/p-1. The molecule has 2 aromatic carbocycles. The number of hydrogen-bond acceptors (Lipinski definition) is 4. The van der Waals surface area contributed by atoms with Gasteiger partial charge in [-0.2, -0.15) is 4.57 Å². The van der Waals surface area contributed by atoms with Crippen LogP contribution in [0.4, 0.5) is 0 Å². The number of nitrogens with zero attached hydrogens (tertiary/aromatic N) is 1. The van der Waals surface area contributed by atoms with Crippen molar-refractivity contribution in [1.29, 1.82) is 0 Å². The summed E-state index contributed by atoms with van der Waals surface area (Å²) >= 11 is 1.87. The van der Waals surface area contributed by atoms with E-state index in [1.165, 1.54) is 27.4 Å². The van der Waals surface area contributed by atoms with E-state index in [-0.39, 0.29) is 4.90 Å². The average Bonchev–Trinajstić information content (AvgIpc) is 2.82. The summed E-state index contributed by atoms with van der Waals surface area (Å²) in [5.74, 6) is 0. The van der Waals surface area contributed by atoms with Crippen LogP contribution >= 0.6 is 11.3 Å². The first kappa shape index (κ1) is 17.6. The Kier molecular flexibility index (Phi) is 5.51. The monoisotopic (exact) mass is 349 g/mol. The number of aryl methyl sites for hydroxylation is 3. The lowest BCUT2D eigenvalue weighted by molar-refractivity contribution is -0.669. The van der Waals surface area contributed by atoms with E-state index in [2.05, 4.69) is 42.7 Å². The lowest BCUT2D eigenvalue weighted by Gasteiger charge is -2.08. The summed E-state index contributed by atoms with van der Waals surface area (Å²) in [5, 5.41) is 1.39. The molecule has 122 valence electrons. The van der Waals surface area contributed by atoms with Crippen LogP contribution in [0.1, 0.15) is 17.5 Å². The quantitative estimate of drug-likeness (QED) is 0.526. The molecular formula is C17H19NO3S2. The molecule has 0 amide bonds. The molecule has 0 aliphatic rings. The van der Waals surface area contributed by atoms with Crippen molar-refractivity contribution < 1.29 is 17.5 Å². The maximum atomic E-state index is 10.5. The summed E-state index contributed by atoms with van der Waals surface area (Å²) < 4.78 is 35.2. The van der Waals surface area contributed by atoms with Crippen LogP contribution in [0.25, 0.3) is 10.2 Å². The summed E-state index contributed by atoms with van der Waals surface area (Å²) in [4.78, 5) is -0.139. The van der Waals surface area contributed by atoms with E-state index in [1.54, 1.807) is 19.1 Å². The Hall–Kier alpha value is -1.76. The van der Waals surface area contributed by atoms with Crippen LogP contribution < -0.4 is 4.57 Å². The van der Waals surface area contributed by atoms with Gasteiger partial charge in [-0.25, -0.2) is 8.42 Å². The van der Waals surface area contributed by atoms with E-state index in [1.807, 2.05) is 11.3 Å². The molecule has 0 spiro atoms. The van der Waals surface area contributed by atoms with Crippen molar-refractivity contribution in [1.82, 2.24) is 0 Å². The van der Waals surface area contributed by atoms with Gasteiger partial charge < -0.3 is 4.55 Å². The second-order valence-corrected chi connectivity index (χ2v) is 7.64. The molecule has 0 atom stereocenters. The molecule has 4 nitrogen and oxygen atoms in total. The molecule has 0 saturated carbocycles.